The summed E-state index contributed by atoms with van der Waals surface area (Å²) in [5.74, 6) is 2.49. The third kappa shape index (κ3) is 4.09. The highest BCUT2D eigenvalue weighted by molar-refractivity contribution is 6.30. The number of hydrogen-bond donors (Lipinski definition) is 0. The second kappa shape index (κ2) is 7.71. The van der Waals surface area contributed by atoms with E-state index in [-0.39, 0.29) is 0 Å². The maximum absolute atomic E-state index is 5.92. The summed E-state index contributed by atoms with van der Waals surface area (Å²) >= 11 is 5.92. The maximum Gasteiger partial charge on any atom is 0.147 e. The average molecular weight is 343 g/mol. The maximum atomic E-state index is 5.92. The molecule has 0 fully saturated rings. The topological polar surface area (TPSA) is 27.1 Å². The summed E-state index contributed by atoms with van der Waals surface area (Å²) in [5, 5.41) is 0.711. The van der Waals surface area contributed by atoms with Gasteiger partial charge in [-0.25, -0.2) is 4.98 Å². The van der Waals surface area contributed by atoms with Gasteiger partial charge in [0.2, 0.25) is 0 Å². The smallest absolute Gasteiger partial charge is 0.147 e. The highest BCUT2D eigenvalue weighted by atomic mass is 35.5. The summed E-state index contributed by atoms with van der Waals surface area (Å²) < 4.78 is 8.19. The first-order valence-electron chi connectivity index (χ1n) is 8.46. The predicted octanol–water partition coefficient (Wildman–Crippen LogP) is 5.70. The van der Waals surface area contributed by atoms with Crippen molar-refractivity contribution in [1.29, 1.82) is 0 Å². The number of nitrogens with zero attached hydrogens (tertiary/aromatic N) is 2. The fourth-order valence-corrected chi connectivity index (χ4v) is 2.95. The largest absolute Gasteiger partial charge is 0.486 e. The third-order valence-corrected chi connectivity index (χ3v) is 4.33. The van der Waals surface area contributed by atoms with Gasteiger partial charge in [0.15, 0.2) is 0 Å². The summed E-state index contributed by atoms with van der Waals surface area (Å²) in [6.07, 6.45) is 2.36. The van der Waals surface area contributed by atoms with E-state index in [1.807, 2.05) is 30.3 Å². The average Bonchev–Trinajstić information content (AvgIpc) is 2.92. The van der Waals surface area contributed by atoms with Crippen molar-refractivity contribution in [3.63, 3.8) is 0 Å². The Morgan fingerprint density at radius 2 is 1.83 bits per heavy atom. The van der Waals surface area contributed by atoms with Crippen molar-refractivity contribution in [2.75, 3.05) is 0 Å². The molecule has 2 aromatic carbocycles. The Labute approximate surface area is 148 Å². The molecule has 126 valence electrons. The van der Waals surface area contributed by atoms with Crippen molar-refractivity contribution in [3.05, 3.63) is 59.4 Å². The Kier molecular flexibility index (Phi) is 5.41. The number of fused-ring (bicyclic) bond motifs is 1. The van der Waals surface area contributed by atoms with Gasteiger partial charge in [0.25, 0.3) is 0 Å². The molecule has 1 heterocycles. The van der Waals surface area contributed by atoms with Crippen molar-refractivity contribution in [3.8, 4) is 5.75 Å². The van der Waals surface area contributed by atoms with Crippen LogP contribution in [0.25, 0.3) is 11.0 Å². The molecule has 0 N–H and O–H groups in total. The Bertz CT molecular complexity index is 793. The molecule has 0 spiro atoms. The van der Waals surface area contributed by atoms with E-state index in [0.29, 0.717) is 17.5 Å². The van der Waals surface area contributed by atoms with Crippen molar-refractivity contribution in [2.45, 2.75) is 39.8 Å². The SMILES string of the molecule is CC(C)CCCn1c(COc2ccc(Cl)cc2)nc2ccccc21. The minimum Gasteiger partial charge on any atom is -0.486 e. The highest BCUT2D eigenvalue weighted by Gasteiger charge is 2.11. The zero-order chi connectivity index (χ0) is 16.9. The van der Waals surface area contributed by atoms with Gasteiger partial charge < -0.3 is 9.30 Å². The number of benzene rings is 2. The lowest BCUT2D eigenvalue weighted by Crippen LogP contribution is -2.08. The number of para-hydroxylation sites is 2. The van der Waals surface area contributed by atoms with Gasteiger partial charge in [0.1, 0.15) is 18.2 Å². The molecule has 0 aliphatic carbocycles. The molecule has 0 bridgehead atoms. The first-order chi connectivity index (χ1) is 11.6. The van der Waals surface area contributed by atoms with E-state index >= 15 is 0 Å². The standard InChI is InChI=1S/C20H23ClN2O/c1-15(2)6-5-13-23-19-8-4-3-7-18(19)22-20(23)14-24-17-11-9-16(21)10-12-17/h3-4,7-12,15H,5-6,13-14H2,1-2H3. The summed E-state index contributed by atoms with van der Waals surface area (Å²) in [6, 6.07) is 15.7. The van der Waals surface area contributed by atoms with Gasteiger partial charge in [-0.3, -0.25) is 0 Å². The lowest BCUT2D eigenvalue weighted by Gasteiger charge is -2.11. The van der Waals surface area contributed by atoms with E-state index in [0.717, 1.165) is 30.1 Å². The van der Waals surface area contributed by atoms with Gasteiger partial charge in [0, 0.05) is 11.6 Å². The molecule has 0 radical (unpaired) electrons. The van der Waals surface area contributed by atoms with Gasteiger partial charge >= 0.3 is 0 Å². The Morgan fingerprint density at radius 3 is 2.58 bits per heavy atom. The van der Waals surface area contributed by atoms with Crippen LogP contribution in [0.15, 0.2) is 48.5 Å². The molecule has 3 nitrogen and oxygen atoms in total. The molecule has 3 rings (SSSR count). The molecule has 0 amide bonds. The molecular formula is C20H23ClN2O. The summed E-state index contributed by atoms with van der Waals surface area (Å²) in [4.78, 5) is 4.75. The number of halogens is 1. The predicted molar refractivity (Wildman–Crippen MR) is 99.6 cm³/mol. The van der Waals surface area contributed by atoms with Gasteiger partial charge in [0.05, 0.1) is 11.0 Å². The van der Waals surface area contributed by atoms with Crippen LogP contribution in [0.1, 0.15) is 32.5 Å². The van der Waals surface area contributed by atoms with Crippen molar-refractivity contribution in [1.82, 2.24) is 9.55 Å². The van der Waals surface area contributed by atoms with Crippen molar-refractivity contribution < 1.29 is 4.74 Å². The quantitative estimate of drug-likeness (QED) is 0.550. The van der Waals surface area contributed by atoms with Gasteiger partial charge in [-0.2, -0.15) is 0 Å². The van der Waals surface area contributed by atoms with Crippen LogP contribution in [0.2, 0.25) is 5.02 Å². The fraction of sp³-hybridized carbons (Fsp3) is 0.350. The monoisotopic (exact) mass is 342 g/mol. The molecule has 1 aromatic heterocycles. The van der Waals surface area contributed by atoms with Crippen LogP contribution >= 0.6 is 11.6 Å². The molecule has 24 heavy (non-hydrogen) atoms. The molecular weight excluding hydrogens is 320 g/mol. The van der Waals surface area contributed by atoms with Crippen molar-refractivity contribution >= 4 is 22.6 Å². The van der Waals surface area contributed by atoms with Crippen LogP contribution in [0, 0.1) is 5.92 Å². The van der Waals surface area contributed by atoms with E-state index in [2.05, 4.69) is 36.6 Å². The lowest BCUT2D eigenvalue weighted by molar-refractivity contribution is 0.289. The molecule has 0 saturated heterocycles. The number of rotatable bonds is 7. The lowest BCUT2D eigenvalue weighted by atomic mass is 10.1. The normalized spacial score (nSPS) is 11.3. The van der Waals surface area contributed by atoms with Crippen LogP contribution < -0.4 is 4.74 Å². The zero-order valence-corrected chi connectivity index (χ0v) is 15.0. The van der Waals surface area contributed by atoms with E-state index in [4.69, 9.17) is 21.3 Å². The molecule has 4 heteroatoms. The Balaban J connectivity index is 1.78. The van der Waals surface area contributed by atoms with Crippen LogP contribution in [-0.4, -0.2) is 9.55 Å². The molecule has 0 saturated carbocycles. The molecule has 0 aliphatic rings. The number of aromatic nitrogens is 2. The van der Waals surface area contributed by atoms with Crippen molar-refractivity contribution in [2.24, 2.45) is 5.92 Å². The Hall–Kier alpha value is -2.00. The van der Waals surface area contributed by atoms with Gasteiger partial charge in [-0.1, -0.05) is 37.6 Å². The highest BCUT2D eigenvalue weighted by Crippen LogP contribution is 2.21. The second-order valence-corrected chi connectivity index (χ2v) is 6.88. The van der Waals surface area contributed by atoms with Crippen LogP contribution in [-0.2, 0) is 13.2 Å². The second-order valence-electron chi connectivity index (χ2n) is 6.45. The van der Waals surface area contributed by atoms with E-state index < -0.39 is 0 Å². The van der Waals surface area contributed by atoms with Crippen LogP contribution in [0.4, 0.5) is 0 Å². The fourth-order valence-electron chi connectivity index (χ4n) is 2.82. The molecule has 3 aromatic rings. The summed E-state index contributed by atoms with van der Waals surface area (Å²) in [6.45, 7) is 5.95. The van der Waals surface area contributed by atoms with Gasteiger partial charge in [-0.15, -0.1) is 0 Å². The summed E-state index contributed by atoms with van der Waals surface area (Å²) in [7, 11) is 0. The molecule has 0 atom stereocenters. The number of ether oxygens (including phenoxy) is 1. The molecule has 0 aliphatic heterocycles. The minimum absolute atomic E-state index is 0.456. The Morgan fingerprint density at radius 1 is 1.08 bits per heavy atom. The number of hydrogen-bond acceptors (Lipinski definition) is 2. The third-order valence-electron chi connectivity index (χ3n) is 4.08. The molecule has 0 unspecified atom stereocenters. The summed E-state index contributed by atoms with van der Waals surface area (Å²) in [5.41, 5.74) is 2.20. The van der Waals surface area contributed by atoms with E-state index in [9.17, 15) is 0 Å². The van der Waals surface area contributed by atoms with E-state index in [1.54, 1.807) is 0 Å². The first-order valence-corrected chi connectivity index (χ1v) is 8.84. The van der Waals surface area contributed by atoms with Crippen LogP contribution in [0.3, 0.4) is 0 Å². The number of imidazole rings is 1. The van der Waals surface area contributed by atoms with Gasteiger partial charge in [-0.05, 0) is 55.2 Å². The zero-order valence-electron chi connectivity index (χ0n) is 14.2. The van der Waals surface area contributed by atoms with Crippen LogP contribution in [0.5, 0.6) is 5.75 Å². The first kappa shape index (κ1) is 16.8. The number of aryl methyl sites for hydroxylation is 1. The van der Waals surface area contributed by atoms with E-state index in [1.165, 1.54) is 11.9 Å². The minimum atomic E-state index is 0.456.